The number of benzene rings is 1. The average molecular weight is 326 g/mol. The van der Waals surface area contributed by atoms with Gasteiger partial charge in [-0.3, -0.25) is 4.79 Å². The highest BCUT2D eigenvalue weighted by atomic mass is 32.1. The lowest BCUT2D eigenvalue weighted by molar-refractivity contribution is 0.103. The Morgan fingerprint density at radius 1 is 1.27 bits per heavy atom. The lowest BCUT2D eigenvalue weighted by atomic mass is 9.98. The van der Waals surface area contributed by atoms with E-state index in [1.54, 1.807) is 0 Å². The van der Waals surface area contributed by atoms with Crippen LogP contribution in [0.25, 0.3) is 0 Å². The van der Waals surface area contributed by atoms with Gasteiger partial charge in [0, 0.05) is 23.2 Å². The molecule has 0 aliphatic carbocycles. The van der Waals surface area contributed by atoms with Crippen molar-refractivity contribution < 1.29 is 18.3 Å². The van der Waals surface area contributed by atoms with E-state index >= 15 is 0 Å². The highest BCUT2D eigenvalue weighted by molar-refractivity contribution is 7.13. The number of carbonyl (C=O) groups excluding carboxylic acids is 1. The number of methoxy groups -OCH3 is 1. The summed E-state index contributed by atoms with van der Waals surface area (Å²) in [6, 6.07) is 2.01. The number of amides is 1. The molecule has 0 spiro atoms. The van der Waals surface area contributed by atoms with Crippen LogP contribution in [0.4, 0.5) is 14.5 Å². The van der Waals surface area contributed by atoms with Gasteiger partial charge in [0.1, 0.15) is 4.88 Å². The molecule has 2 aromatic rings. The number of hydrogen-bond donors (Lipinski definition) is 1. The van der Waals surface area contributed by atoms with Crippen molar-refractivity contribution in [2.24, 2.45) is 0 Å². The fraction of sp³-hybridized carbons (Fsp3) is 0.333. The third kappa shape index (κ3) is 3.41. The van der Waals surface area contributed by atoms with Gasteiger partial charge in [-0.05, 0) is 0 Å². The number of ether oxygens (including phenoxy) is 1. The second-order valence-corrected chi connectivity index (χ2v) is 6.74. The summed E-state index contributed by atoms with van der Waals surface area (Å²) >= 11 is 1.25. The topological polar surface area (TPSA) is 51.2 Å². The monoisotopic (exact) mass is 326 g/mol. The molecule has 0 radical (unpaired) electrons. The SMILES string of the molecule is COc1c(F)cc(NC(=O)c2cnc(C(C)(C)C)s2)cc1F. The number of anilines is 1. The van der Waals surface area contributed by atoms with Gasteiger partial charge < -0.3 is 10.1 Å². The van der Waals surface area contributed by atoms with Crippen LogP contribution in [0.1, 0.15) is 35.5 Å². The number of hydrogen-bond acceptors (Lipinski definition) is 4. The van der Waals surface area contributed by atoms with Crippen LogP contribution in [-0.4, -0.2) is 18.0 Å². The molecule has 1 aromatic heterocycles. The van der Waals surface area contributed by atoms with Crippen LogP contribution in [0, 0.1) is 11.6 Å². The van der Waals surface area contributed by atoms with Crippen molar-refractivity contribution in [3.05, 3.63) is 39.8 Å². The van der Waals surface area contributed by atoms with Crippen LogP contribution in [0.3, 0.4) is 0 Å². The molecule has 1 aromatic carbocycles. The molecular weight excluding hydrogens is 310 g/mol. The summed E-state index contributed by atoms with van der Waals surface area (Å²) < 4.78 is 31.8. The molecule has 4 nitrogen and oxygen atoms in total. The summed E-state index contributed by atoms with van der Waals surface area (Å²) in [7, 11) is 1.17. The Labute approximate surface area is 131 Å². The molecule has 0 unspecified atom stereocenters. The second-order valence-electron chi connectivity index (χ2n) is 5.71. The minimum Gasteiger partial charge on any atom is -0.491 e. The zero-order valence-corrected chi connectivity index (χ0v) is 13.5. The predicted octanol–water partition coefficient (Wildman–Crippen LogP) is 3.98. The fourth-order valence-electron chi connectivity index (χ4n) is 1.75. The van der Waals surface area contributed by atoms with Crippen LogP contribution in [0.15, 0.2) is 18.3 Å². The van der Waals surface area contributed by atoms with Crippen LogP contribution in [-0.2, 0) is 5.41 Å². The highest BCUT2D eigenvalue weighted by Gasteiger charge is 2.21. The van der Waals surface area contributed by atoms with Crippen molar-refractivity contribution in [2.75, 3.05) is 12.4 Å². The largest absolute Gasteiger partial charge is 0.491 e. The third-order valence-electron chi connectivity index (χ3n) is 2.83. The molecule has 1 N–H and O–H groups in total. The van der Waals surface area contributed by atoms with E-state index in [4.69, 9.17) is 0 Å². The molecule has 0 atom stereocenters. The van der Waals surface area contributed by atoms with Crippen molar-refractivity contribution in [2.45, 2.75) is 26.2 Å². The second kappa shape index (κ2) is 6.00. The Bertz CT molecular complexity index is 685. The maximum absolute atomic E-state index is 13.6. The molecule has 118 valence electrons. The summed E-state index contributed by atoms with van der Waals surface area (Å²) in [4.78, 5) is 16.7. The molecule has 0 bridgehead atoms. The summed E-state index contributed by atoms with van der Waals surface area (Å²) in [5, 5.41) is 3.26. The molecular formula is C15H16F2N2O2S. The number of carbonyl (C=O) groups is 1. The van der Waals surface area contributed by atoms with Crippen LogP contribution < -0.4 is 10.1 Å². The molecule has 7 heteroatoms. The molecule has 22 heavy (non-hydrogen) atoms. The minimum atomic E-state index is -0.877. The van der Waals surface area contributed by atoms with Gasteiger partial charge in [-0.1, -0.05) is 20.8 Å². The summed E-state index contributed by atoms with van der Waals surface area (Å²) in [5.41, 5.74) is -0.145. The van der Waals surface area contributed by atoms with Crippen LogP contribution in [0.2, 0.25) is 0 Å². The predicted molar refractivity (Wildman–Crippen MR) is 81.7 cm³/mol. The number of thiazole rings is 1. The van der Waals surface area contributed by atoms with E-state index in [0.717, 1.165) is 17.1 Å². The minimum absolute atomic E-state index is 0.0199. The number of nitrogens with one attached hydrogen (secondary N) is 1. The molecule has 0 fully saturated rings. The normalized spacial score (nSPS) is 11.4. The first kappa shape index (κ1) is 16.4. The Morgan fingerprint density at radius 3 is 2.32 bits per heavy atom. The highest BCUT2D eigenvalue weighted by Crippen LogP contribution is 2.28. The number of aromatic nitrogens is 1. The first-order valence-corrected chi connectivity index (χ1v) is 7.34. The zero-order valence-electron chi connectivity index (χ0n) is 12.7. The first-order valence-electron chi connectivity index (χ1n) is 6.53. The van der Waals surface area contributed by atoms with Gasteiger partial charge in [0.05, 0.1) is 18.3 Å². The number of nitrogens with zero attached hydrogens (tertiary/aromatic N) is 1. The molecule has 0 saturated heterocycles. The molecule has 0 aliphatic rings. The van der Waals surface area contributed by atoms with Crippen molar-refractivity contribution >= 4 is 22.9 Å². The smallest absolute Gasteiger partial charge is 0.267 e. The van der Waals surface area contributed by atoms with E-state index in [2.05, 4.69) is 15.0 Å². The molecule has 1 amide bonds. The van der Waals surface area contributed by atoms with Crippen molar-refractivity contribution in [3.8, 4) is 5.75 Å². The van der Waals surface area contributed by atoms with Gasteiger partial charge in [0.2, 0.25) is 0 Å². The van der Waals surface area contributed by atoms with Crippen LogP contribution in [0.5, 0.6) is 5.75 Å². The van der Waals surface area contributed by atoms with Gasteiger partial charge in [-0.2, -0.15) is 0 Å². The van der Waals surface area contributed by atoms with Gasteiger partial charge in [-0.25, -0.2) is 13.8 Å². The number of halogens is 2. The third-order valence-corrected chi connectivity index (χ3v) is 4.25. The molecule has 1 heterocycles. The summed E-state index contributed by atoms with van der Waals surface area (Å²) in [6.45, 7) is 5.96. The van der Waals surface area contributed by atoms with E-state index in [1.807, 2.05) is 20.8 Å². The zero-order chi connectivity index (χ0) is 16.5. The lowest BCUT2D eigenvalue weighted by Gasteiger charge is -2.13. The summed E-state index contributed by atoms with van der Waals surface area (Å²) in [5.74, 6) is -2.70. The van der Waals surface area contributed by atoms with E-state index in [1.165, 1.54) is 24.6 Å². The van der Waals surface area contributed by atoms with E-state index in [9.17, 15) is 13.6 Å². The van der Waals surface area contributed by atoms with Gasteiger partial charge >= 0.3 is 0 Å². The molecule has 0 aliphatic heterocycles. The molecule has 0 saturated carbocycles. The maximum Gasteiger partial charge on any atom is 0.267 e. The van der Waals surface area contributed by atoms with Crippen molar-refractivity contribution in [1.82, 2.24) is 4.98 Å². The lowest BCUT2D eigenvalue weighted by Crippen LogP contribution is -2.11. The van der Waals surface area contributed by atoms with Gasteiger partial charge in [0.25, 0.3) is 5.91 Å². The fourth-order valence-corrected chi connectivity index (χ4v) is 2.61. The molecule has 2 rings (SSSR count). The van der Waals surface area contributed by atoms with Crippen molar-refractivity contribution in [1.29, 1.82) is 0 Å². The quantitative estimate of drug-likeness (QED) is 0.928. The van der Waals surface area contributed by atoms with E-state index < -0.39 is 23.3 Å². The first-order chi connectivity index (χ1) is 10.2. The van der Waals surface area contributed by atoms with E-state index in [-0.39, 0.29) is 11.1 Å². The standard InChI is InChI=1S/C15H16F2N2O2S/c1-15(2,3)14-18-7-11(22-14)13(20)19-8-5-9(16)12(21-4)10(17)6-8/h5-7H,1-4H3,(H,19,20). The Morgan fingerprint density at radius 2 is 1.86 bits per heavy atom. The Hall–Kier alpha value is -2.02. The van der Waals surface area contributed by atoms with Crippen LogP contribution >= 0.6 is 11.3 Å². The average Bonchev–Trinajstić information content (AvgIpc) is 2.87. The van der Waals surface area contributed by atoms with Crippen molar-refractivity contribution in [3.63, 3.8) is 0 Å². The maximum atomic E-state index is 13.6. The number of rotatable bonds is 3. The van der Waals surface area contributed by atoms with Gasteiger partial charge in [-0.15, -0.1) is 11.3 Å². The Balaban J connectivity index is 2.21. The Kier molecular flexibility index (Phi) is 4.46. The summed E-state index contributed by atoms with van der Waals surface area (Å²) in [6.07, 6.45) is 1.46. The van der Waals surface area contributed by atoms with E-state index in [0.29, 0.717) is 4.88 Å². The van der Waals surface area contributed by atoms with Gasteiger partial charge in [0.15, 0.2) is 17.4 Å².